The summed E-state index contributed by atoms with van der Waals surface area (Å²) in [7, 11) is 0. The predicted molar refractivity (Wildman–Crippen MR) is 59.4 cm³/mol. The Morgan fingerprint density at radius 3 is 2.93 bits per heavy atom. The average molecular weight is 196 g/mol. The summed E-state index contributed by atoms with van der Waals surface area (Å²) in [6.07, 6.45) is 7.59. The number of benzene rings is 1. The zero-order valence-electron chi connectivity index (χ0n) is 7.90. The number of anilines is 1. The van der Waals surface area contributed by atoms with Gasteiger partial charge in [-0.15, -0.1) is 6.42 Å². The molecule has 0 aliphatic heterocycles. The molecule has 0 radical (unpaired) electrons. The number of carbonyl (C=O) groups is 1. The minimum absolute atomic E-state index is 0.520. The van der Waals surface area contributed by atoms with E-state index in [2.05, 4.69) is 16.2 Å². The molecule has 0 atom stereocenters. The largest absolute Gasteiger partial charge is 0.313 e. The van der Waals surface area contributed by atoms with Crippen molar-refractivity contribution in [3.05, 3.63) is 36.0 Å². The predicted octanol–water partition coefficient (Wildman–Crippen LogP) is 1.78. The van der Waals surface area contributed by atoms with E-state index in [1.165, 1.54) is 0 Å². The first-order valence-electron chi connectivity index (χ1n) is 4.40. The van der Waals surface area contributed by atoms with Gasteiger partial charge in [0.1, 0.15) is 5.82 Å². The van der Waals surface area contributed by atoms with Crippen LogP contribution in [0.4, 0.5) is 5.82 Å². The van der Waals surface area contributed by atoms with Crippen LogP contribution in [0.5, 0.6) is 0 Å². The summed E-state index contributed by atoms with van der Waals surface area (Å²) in [5.41, 5.74) is 0.811. The lowest BCUT2D eigenvalue weighted by Crippen LogP contribution is -1.96. The molecule has 0 unspecified atom stereocenters. The molecule has 3 nitrogen and oxygen atoms in total. The van der Waals surface area contributed by atoms with Crippen molar-refractivity contribution in [3.8, 4) is 12.3 Å². The normalized spacial score (nSPS) is 9.53. The van der Waals surface area contributed by atoms with Crippen LogP contribution in [0, 0.1) is 12.3 Å². The highest BCUT2D eigenvalue weighted by atomic mass is 16.1. The zero-order chi connectivity index (χ0) is 10.7. The van der Waals surface area contributed by atoms with E-state index in [1.54, 1.807) is 12.3 Å². The Morgan fingerprint density at radius 1 is 1.33 bits per heavy atom. The van der Waals surface area contributed by atoms with Crippen LogP contribution < -0.4 is 5.32 Å². The highest BCUT2D eigenvalue weighted by Crippen LogP contribution is 2.17. The van der Waals surface area contributed by atoms with Crippen molar-refractivity contribution in [1.82, 2.24) is 4.98 Å². The summed E-state index contributed by atoms with van der Waals surface area (Å²) in [5.74, 6) is 3.08. The van der Waals surface area contributed by atoms with E-state index in [4.69, 9.17) is 6.42 Å². The number of fused-ring (bicyclic) bond motifs is 1. The molecule has 0 aliphatic rings. The maximum Gasteiger partial charge on any atom is 0.212 e. The minimum atomic E-state index is 0.520. The van der Waals surface area contributed by atoms with Crippen LogP contribution in [0.25, 0.3) is 10.8 Å². The summed E-state index contributed by atoms with van der Waals surface area (Å²) in [4.78, 5) is 14.3. The van der Waals surface area contributed by atoms with Crippen LogP contribution in [0.3, 0.4) is 0 Å². The maximum absolute atomic E-state index is 10.2. The Bertz CT molecular complexity index is 555. The van der Waals surface area contributed by atoms with Gasteiger partial charge in [0.25, 0.3) is 0 Å². The van der Waals surface area contributed by atoms with E-state index in [1.807, 2.05) is 18.2 Å². The van der Waals surface area contributed by atoms with Gasteiger partial charge in [-0.3, -0.25) is 4.79 Å². The number of pyridine rings is 1. The van der Waals surface area contributed by atoms with Gasteiger partial charge < -0.3 is 5.32 Å². The van der Waals surface area contributed by atoms with Crippen molar-refractivity contribution >= 4 is 23.0 Å². The van der Waals surface area contributed by atoms with Gasteiger partial charge in [0.05, 0.1) is 0 Å². The fourth-order valence-electron chi connectivity index (χ4n) is 1.37. The molecule has 3 heteroatoms. The molecule has 1 aromatic heterocycles. The summed E-state index contributed by atoms with van der Waals surface area (Å²) >= 11 is 0. The third-order valence-electron chi connectivity index (χ3n) is 2.10. The number of hydrogen-bond donors (Lipinski definition) is 1. The van der Waals surface area contributed by atoms with Gasteiger partial charge in [-0.25, -0.2) is 4.98 Å². The average Bonchev–Trinajstić information content (AvgIpc) is 2.28. The zero-order valence-corrected chi connectivity index (χ0v) is 7.90. The number of hydrogen-bond acceptors (Lipinski definition) is 2. The molecule has 1 aromatic carbocycles. The van der Waals surface area contributed by atoms with Crippen molar-refractivity contribution in [3.63, 3.8) is 0 Å². The van der Waals surface area contributed by atoms with Crippen LogP contribution in [0.2, 0.25) is 0 Å². The van der Waals surface area contributed by atoms with E-state index in [-0.39, 0.29) is 0 Å². The SMILES string of the molecule is C#Cc1ccc2cnc(NC=O)cc2c1. The number of carbonyl (C=O) groups excluding carboxylic acids is 1. The molecule has 0 saturated carbocycles. The van der Waals surface area contributed by atoms with Gasteiger partial charge >= 0.3 is 0 Å². The van der Waals surface area contributed by atoms with Gasteiger partial charge in [-0.1, -0.05) is 12.0 Å². The van der Waals surface area contributed by atoms with Gasteiger partial charge in [-0.2, -0.15) is 0 Å². The highest BCUT2D eigenvalue weighted by Gasteiger charge is 1.97. The van der Waals surface area contributed by atoms with Gasteiger partial charge in [0, 0.05) is 17.1 Å². The Kier molecular flexibility index (Phi) is 2.34. The molecule has 0 bridgehead atoms. The van der Waals surface area contributed by atoms with Crippen LogP contribution in [0.15, 0.2) is 30.5 Å². The minimum Gasteiger partial charge on any atom is -0.313 e. The molecule has 2 aromatic rings. The summed E-state index contributed by atoms with van der Waals surface area (Å²) in [5, 5.41) is 4.45. The molecule has 1 amide bonds. The first-order chi connectivity index (χ1) is 7.33. The lowest BCUT2D eigenvalue weighted by Gasteiger charge is -2.01. The van der Waals surface area contributed by atoms with E-state index >= 15 is 0 Å². The number of nitrogens with one attached hydrogen (secondary N) is 1. The number of amides is 1. The topological polar surface area (TPSA) is 42.0 Å². The van der Waals surface area contributed by atoms with Crippen molar-refractivity contribution in [2.45, 2.75) is 0 Å². The summed E-state index contributed by atoms with van der Waals surface area (Å²) in [6.45, 7) is 0. The molecular formula is C12H8N2O. The first-order valence-corrected chi connectivity index (χ1v) is 4.40. The van der Waals surface area contributed by atoms with Crippen molar-refractivity contribution < 1.29 is 4.79 Å². The molecule has 2 rings (SSSR count). The van der Waals surface area contributed by atoms with E-state index in [0.29, 0.717) is 12.2 Å². The number of rotatable bonds is 2. The van der Waals surface area contributed by atoms with E-state index in [9.17, 15) is 4.79 Å². The third kappa shape index (κ3) is 1.79. The van der Waals surface area contributed by atoms with Crippen molar-refractivity contribution in [1.29, 1.82) is 0 Å². The van der Waals surface area contributed by atoms with Gasteiger partial charge in [0.15, 0.2) is 0 Å². The van der Waals surface area contributed by atoms with Crippen LogP contribution in [-0.4, -0.2) is 11.4 Å². The van der Waals surface area contributed by atoms with Gasteiger partial charge in [0.2, 0.25) is 6.41 Å². The van der Waals surface area contributed by atoms with Crippen LogP contribution in [0.1, 0.15) is 5.56 Å². The van der Waals surface area contributed by atoms with Crippen molar-refractivity contribution in [2.75, 3.05) is 5.32 Å². The van der Waals surface area contributed by atoms with E-state index in [0.717, 1.165) is 16.3 Å². The molecule has 0 fully saturated rings. The first kappa shape index (κ1) is 9.22. The molecule has 1 heterocycles. The molecular weight excluding hydrogens is 188 g/mol. The third-order valence-corrected chi connectivity index (χ3v) is 2.10. The second kappa shape index (κ2) is 3.81. The lowest BCUT2D eigenvalue weighted by molar-refractivity contribution is -0.105. The molecule has 0 aliphatic carbocycles. The second-order valence-corrected chi connectivity index (χ2v) is 3.04. The maximum atomic E-state index is 10.2. The summed E-state index contributed by atoms with van der Waals surface area (Å²) < 4.78 is 0. The highest BCUT2D eigenvalue weighted by molar-refractivity contribution is 5.86. The van der Waals surface area contributed by atoms with Gasteiger partial charge in [-0.05, 0) is 23.6 Å². The number of aromatic nitrogens is 1. The Labute approximate surface area is 87.1 Å². The smallest absolute Gasteiger partial charge is 0.212 e. The monoisotopic (exact) mass is 196 g/mol. The summed E-state index contributed by atoms with van der Waals surface area (Å²) in [6, 6.07) is 7.43. The van der Waals surface area contributed by atoms with Crippen LogP contribution in [-0.2, 0) is 4.79 Å². The molecule has 72 valence electrons. The Hall–Kier alpha value is -2.34. The number of nitrogens with zero attached hydrogens (tertiary/aromatic N) is 1. The molecule has 0 saturated heterocycles. The van der Waals surface area contributed by atoms with Crippen molar-refractivity contribution in [2.24, 2.45) is 0 Å². The van der Waals surface area contributed by atoms with E-state index < -0.39 is 0 Å². The standard InChI is InChI=1S/C12H8N2O/c1-2-9-3-4-10-7-13-12(14-8-15)6-11(10)5-9/h1,3-8H,(H,13,14,15). The second-order valence-electron chi connectivity index (χ2n) is 3.04. The van der Waals surface area contributed by atoms with Crippen LogP contribution >= 0.6 is 0 Å². The fraction of sp³-hybridized carbons (Fsp3) is 0. The number of terminal acetylenes is 1. The Morgan fingerprint density at radius 2 is 2.20 bits per heavy atom. The Balaban J connectivity index is 2.58. The quantitative estimate of drug-likeness (QED) is 0.587. The lowest BCUT2D eigenvalue weighted by atomic mass is 10.1. The molecule has 0 spiro atoms. The molecule has 1 N–H and O–H groups in total. The fourth-order valence-corrected chi connectivity index (χ4v) is 1.37. The molecule has 15 heavy (non-hydrogen) atoms.